The van der Waals surface area contributed by atoms with Gasteiger partial charge in [-0.1, -0.05) is 60.3 Å². The standard InChI is InChI=1S/C30H28N6O4S/c1-36-18-32-35-30(36)41-17-23-14-27(20-8-6-19(16-37)7-9-20)40-29(39-23)21-10-12-22(13-11-21)33-28(38)26-15-31-24-4-2-3-5-25(24)34-26/h2-13,15,18,23,27,29,37H,14,16-17H2,1H3,(H,33,38)/t23-,27+,29+/m0/s1. The number of carbonyl (C=O) groups is 1. The van der Waals surface area contributed by atoms with E-state index in [1.807, 2.05) is 84.4 Å². The number of aliphatic hydroxyl groups excluding tert-OH is 1. The average molecular weight is 569 g/mol. The molecule has 10 nitrogen and oxygen atoms in total. The van der Waals surface area contributed by atoms with Crippen LogP contribution in [0.25, 0.3) is 11.0 Å². The molecule has 1 aliphatic rings. The van der Waals surface area contributed by atoms with E-state index < -0.39 is 6.29 Å². The van der Waals surface area contributed by atoms with E-state index in [4.69, 9.17) is 9.47 Å². The first kappa shape index (κ1) is 27.0. The Kier molecular flexibility index (Phi) is 8.01. The number of para-hydroxylation sites is 2. The molecule has 3 atom stereocenters. The van der Waals surface area contributed by atoms with Gasteiger partial charge in [0.15, 0.2) is 11.4 Å². The zero-order chi connectivity index (χ0) is 28.2. The molecule has 0 unspecified atom stereocenters. The number of ether oxygens (including phenoxy) is 2. The smallest absolute Gasteiger partial charge is 0.275 e. The van der Waals surface area contributed by atoms with E-state index >= 15 is 0 Å². The molecule has 2 N–H and O–H groups in total. The van der Waals surface area contributed by atoms with Gasteiger partial charge in [0.1, 0.15) is 12.0 Å². The van der Waals surface area contributed by atoms with Crippen molar-refractivity contribution < 1.29 is 19.4 Å². The van der Waals surface area contributed by atoms with Crippen molar-refractivity contribution in [3.05, 3.63) is 108 Å². The third-order valence-electron chi connectivity index (χ3n) is 6.81. The number of thioether (sulfide) groups is 1. The quantitative estimate of drug-likeness (QED) is 0.253. The van der Waals surface area contributed by atoms with Crippen LogP contribution in [0.2, 0.25) is 0 Å². The van der Waals surface area contributed by atoms with Crippen molar-refractivity contribution in [2.24, 2.45) is 7.05 Å². The van der Waals surface area contributed by atoms with Crippen LogP contribution in [0, 0.1) is 0 Å². The van der Waals surface area contributed by atoms with Crippen molar-refractivity contribution in [3.63, 3.8) is 0 Å². The first-order valence-corrected chi connectivity index (χ1v) is 14.1. The highest BCUT2D eigenvalue weighted by atomic mass is 32.2. The van der Waals surface area contributed by atoms with Crippen molar-refractivity contribution in [2.45, 2.75) is 36.7 Å². The second-order valence-electron chi connectivity index (χ2n) is 9.71. The van der Waals surface area contributed by atoms with Crippen LogP contribution in [0.4, 0.5) is 5.69 Å². The van der Waals surface area contributed by atoms with Gasteiger partial charge < -0.3 is 24.5 Å². The van der Waals surface area contributed by atoms with Crippen molar-refractivity contribution in [2.75, 3.05) is 11.1 Å². The molecule has 0 aliphatic carbocycles. The number of hydrogen-bond donors (Lipinski definition) is 2. The molecule has 0 radical (unpaired) electrons. The molecule has 11 heteroatoms. The molecule has 0 saturated carbocycles. The maximum absolute atomic E-state index is 12.8. The SMILES string of the molecule is Cn1cnnc1SC[C@@H]1C[C@H](c2ccc(CO)cc2)O[C@H](c2ccc(NC(=O)c3cnc4ccccc4n3)cc2)O1. The fourth-order valence-electron chi connectivity index (χ4n) is 4.58. The molecule has 41 heavy (non-hydrogen) atoms. The van der Waals surface area contributed by atoms with Crippen LogP contribution >= 0.6 is 11.8 Å². The summed E-state index contributed by atoms with van der Waals surface area (Å²) in [6.45, 7) is -0.00910. The van der Waals surface area contributed by atoms with E-state index in [2.05, 4.69) is 25.5 Å². The van der Waals surface area contributed by atoms with Crippen LogP contribution in [-0.2, 0) is 23.1 Å². The number of rotatable bonds is 8. The van der Waals surface area contributed by atoms with Crippen molar-refractivity contribution >= 4 is 34.4 Å². The van der Waals surface area contributed by atoms with E-state index in [1.54, 1.807) is 18.1 Å². The summed E-state index contributed by atoms with van der Waals surface area (Å²) in [6, 6.07) is 22.6. The Morgan fingerprint density at radius 1 is 1.02 bits per heavy atom. The van der Waals surface area contributed by atoms with Crippen LogP contribution in [0.3, 0.4) is 0 Å². The number of carbonyl (C=O) groups excluding carboxylic acids is 1. The van der Waals surface area contributed by atoms with Gasteiger partial charge >= 0.3 is 0 Å². The number of nitrogens with one attached hydrogen (secondary N) is 1. The van der Waals surface area contributed by atoms with E-state index in [0.717, 1.165) is 27.4 Å². The third-order valence-corrected chi connectivity index (χ3v) is 7.97. The summed E-state index contributed by atoms with van der Waals surface area (Å²) < 4.78 is 14.7. The van der Waals surface area contributed by atoms with Gasteiger partial charge in [0, 0.05) is 30.5 Å². The molecule has 6 rings (SSSR count). The Morgan fingerprint density at radius 3 is 2.51 bits per heavy atom. The molecular formula is C30H28N6O4S. The predicted octanol–water partition coefficient (Wildman–Crippen LogP) is 4.84. The second-order valence-corrected chi connectivity index (χ2v) is 10.7. The van der Waals surface area contributed by atoms with Crippen LogP contribution < -0.4 is 5.32 Å². The monoisotopic (exact) mass is 568 g/mol. The molecule has 3 aromatic carbocycles. The number of benzene rings is 3. The lowest BCUT2D eigenvalue weighted by molar-refractivity contribution is -0.245. The fourth-order valence-corrected chi connectivity index (χ4v) is 5.48. The molecule has 0 bridgehead atoms. The number of nitrogens with zero attached hydrogens (tertiary/aromatic N) is 5. The highest BCUT2D eigenvalue weighted by Gasteiger charge is 2.32. The topological polar surface area (TPSA) is 124 Å². The summed E-state index contributed by atoms with van der Waals surface area (Å²) in [5.41, 5.74) is 4.95. The number of fused-ring (bicyclic) bond motifs is 1. The normalized spacial score (nSPS) is 18.8. The summed E-state index contributed by atoms with van der Waals surface area (Å²) >= 11 is 1.59. The Bertz CT molecular complexity index is 1640. The van der Waals surface area contributed by atoms with Crippen LogP contribution in [0.1, 0.15) is 46.0 Å². The average Bonchev–Trinajstić information content (AvgIpc) is 3.44. The maximum atomic E-state index is 12.8. The number of aliphatic hydroxyl groups is 1. The Labute approximate surface area is 240 Å². The van der Waals surface area contributed by atoms with Gasteiger partial charge in [-0.3, -0.25) is 9.78 Å². The van der Waals surface area contributed by atoms with E-state index in [1.165, 1.54) is 6.20 Å². The molecule has 0 spiro atoms. The van der Waals surface area contributed by atoms with Gasteiger partial charge in [0.05, 0.1) is 36.0 Å². The predicted molar refractivity (Wildman–Crippen MR) is 154 cm³/mol. The van der Waals surface area contributed by atoms with Crippen LogP contribution in [0.5, 0.6) is 0 Å². The summed E-state index contributed by atoms with van der Waals surface area (Å²) in [5, 5.41) is 21.3. The third kappa shape index (κ3) is 6.28. The molecule has 1 saturated heterocycles. The molecule has 1 amide bonds. The van der Waals surface area contributed by atoms with E-state index in [0.29, 0.717) is 23.4 Å². The van der Waals surface area contributed by atoms with Gasteiger partial charge in [-0.2, -0.15) is 0 Å². The number of aromatic nitrogens is 5. The minimum absolute atomic E-state index is 0.00910. The lowest BCUT2D eigenvalue weighted by Gasteiger charge is -2.36. The first-order valence-electron chi connectivity index (χ1n) is 13.2. The van der Waals surface area contributed by atoms with Crippen molar-refractivity contribution in [3.8, 4) is 0 Å². The highest BCUT2D eigenvalue weighted by Crippen LogP contribution is 2.39. The van der Waals surface area contributed by atoms with Gasteiger partial charge in [-0.25, -0.2) is 4.98 Å². The molecule has 1 fully saturated rings. The summed E-state index contributed by atoms with van der Waals surface area (Å²) in [7, 11) is 1.91. The lowest BCUT2D eigenvalue weighted by atomic mass is 10.0. The lowest BCUT2D eigenvalue weighted by Crippen LogP contribution is -2.31. The summed E-state index contributed by atoms with van der Waals surface area (Å²) in [6.07, 6.45) is 2.91. The number of amides is 1. The second kappa shape index (κ2) is 12.1. The molecule has 3 heterocycles. The van der Waals surface area contributed by atoms with E-state index in [9.17, 15) is 9.90 Å². The Morgan fingerprint density at radius 2 is 1.78 bits per heavy atom. The van der Waals surface area contributed by atoms with Gasteiger partial charge in [-0.05, 0) is 35.4 Å². The number of hydrogen-bond acceptors (Lipinski definition) is 9. The fraction of sp³-hybridized carbons (Fsp3) is 0.233. The molecule has 1 aliphatic heterocycles. The van der Waals surface area contributed by atoms with E-state index in [-0.39, 0.29) is 30.4 Å². The summed E-state index contributed by atoms with van der Waals surface area (Å²) in [4.78, 5) is 21.6. The van der Waals surface area contributed by atoms with Gasteiger partial charge in [-0.15, -0.1) is 10.2 Å². The largest absolute Gasteiger partial charge is 0.392 e. The molecular weight excluding hydrogens is 540 g/mol. The summed E-state index contributed by atoms with van der Waals surface area (Å²) in [5.74, 6) is 0.340. The van der Waals surface area contributed by atoms with Crippen LogP contribution in [-0.4, -0.2) is 47.6 Å². The maximum Gasteiger partial charge on any atom is 0.275 e. The van der Waals surface area contributed by atoms with Gasteiger partial charge in [0.2, 0.25) is 0 Å². The Balaban J connectivity index is 1.17. The van der Waals surface area contributed by atoms with Gasteiger partial charge in [0.25, 0.3) is 5.91 Å². The highest BCUT2D eigenvalue weighted by molar-refractivity contribution is 7.99. The first-order chi connectivity index (χ1) is 20.1. The zero-order valence-electron chi connectivity index (χ0n) is 22.3. The number of aryl methyl sites for hydroxylation is 1. The Hall–Kier alpha value is -4.16. The molecule has 2 aromatic heterocycles. The van der Waals surface area contributed by atoms with Crippen molar-refractivity contribution in [1.82, 2.24) is 24.7 Å². The molecule has 5 aromatic rings. The van der Waals surface area contributed by atoms with Crippen molar-refractivity contribution in [1.29, 1.82) is 0 Å². The minimum Gasteiger partial charge on any atom is -0.392 e. The number of anilines is 1. The molecule has 208 valence electrons. The minimum atomic E-state index is -0.604. The van der Waals surface area contributed by atoms with Crippen LogP contribution in [0.15, 0.2) is 90.5 Å². The zero-order valence-corrected chi connectivity index (χ0v) is 23.1.